The molecule has 0 saturated carbocycles. The highest BCUT2D eigenvalue weighted by atomic mass is 16.5. The number of rotatable bonds is 2. The van der Waals surface area contributed by atoms with E-state index in [1.807, 2.05) is 12.1 Å². The molecular weight excluding hydrogens is 166 g/mol. The Balaban J connectivity index is 2.19. The topological polar surface area (TPSA) is 51.4 Å². The van der Waals surface area contributed by atoms with Crippen molar-refractivity contribution in [3.05, 3.63) is 18.3 Å². The molecule has 1 fully saturated rings. The number of nitrogens with zero attached hydrogens (tertiary/aromatic N) is 2. The smallest absolute Gasteiger partial charge is 0.171 e. The standard InChI is InChI=1S/C9H13N3O/c1-13-8-3-2-4-11-9(8)12-5-7(10)6-12/h2-4,7H,5-6,10H2,1H3. The van der Waals surface area contributed by atoms with Gasteiger partial charge >= 0.3 is 0 Å². The maximum absolute atomic E-state index is 5.69. The molecule has 1 aromatic heterocycles. The molecule has 0 aliphatic carbocycles. The fourth-order valence-corrected chi connectivity index (χ4v) is 1.46. The van der Waals surface area contributed by atoms with E-state index in [1.165, 1.54) is 0 Å². The van der Waals surface area contributed by atoms with Crippen LogP contribution in [0, 0.1) is 0 Å². The predicted octanol–water partition coefficient (Wildman–Crippen LogP) is 0.238. The van der Waals surface area contributed by atoms with Crippen LogP contribution in [-0.2, 0) is 0 Å². The fraction of sp³-hybridized carbons (Fsp3) is 0.444. The van der Waals surface area contributed by atoms with E-state index in [9.17, 15) is 0 Å². The number of pyridine rings is 1. The Labute approximate surface area is 77.3 Å². The van der Waals surface area contributed by atoms with E-state index in [4.69, 9.17) is 10.5 Å². The summed E-state index contributed by atoms with van der Waals surface area (Å²) in [7, 11) is 1.65. The molecule has 2 heterocycles. The Bertz CT molecular complexity index is 297. The molecule has 2 N–H and O–H groups in total. The first-order chi connectivity index (χ1) is 6.31. The van der Waals surface area contributed by atoms with Gasteiger partial charge in [0.15, 0.2) is 11.6 Å². The number of methoxy groups -OCH3 is 1. The monoisotopic (exact) mass is 179 g/mol. The first kappa shape index (κ1) is 8.31. The van der Waals surface area contributed by atoms with E-state index < -0.39 is 0 Å². The molecule has 1 aromatic rings. The lowest BCUT2D eigenvalue weighted by Gasteiger charge is -2.38. The molecule has 0 atom stereocenters. The molecule has 0 spiro atoms. The zero-order valence-electron chi connectivity index (χ0n) is 7.60. The predicted molar refractivity (Wildman–Crippen MR) is 51.0 cm³/mol. The number of hydrogen-bond acceptors (Lipinski definition) is 4. The van der Waals surface area contributed by atoms with Crippen LogP contribution in [0.4, 0.5) is 5.82 Å². The van der Waals surface area contributed by atoms with Crippen LogP contribution >= 0.6 is 0 Å². The van der Waals surface area contributed by atoms with Crippen molar-refractivity contribution in [3.63, 3.8) is 0 Å². The van der Waals surface area contributed by atoms with Gasteiger partial charge in [0.25, 0.3) is 0 Å². The van der Waals surface area contributed by atoms with E-state index in [2.05, 4.69) is 9.88 Å². The molecule has 4 nitrogen and oxygen atoms in total. The lowest BCUT2D eigenvalue weighted by molar-refractivity contribution is 0.406. The van der Waals surface area contributed by atoms with Crippen molar-refractivity contribution in [2.24, 2.45) is 5.73 Å². The average Bonchev–Trinajstić information content (AvgIpc) is 2.13. The van der Waals surface area contributed by atoms with Gasteiger partial charge in [-0.2, -0.15) is 0 Å². The van der Waals surface area contributed by atoms with Gasteiger partial charge in [-0.25, -0.2) is 4.98 Å². The van der Waals surface area contributed by atoms with Crippen molar-refractivity contribution in [1.82, 2.24) is 4.98 Å². The normalized spacial score (nSPS) is 16.9. The van der Waals surface area contributed by atoms with Gasteiger partial charge in [0.1, 0.15) is 0 Å². The number of hydrogen-bond donors (Lipinski definition) is 1. The number of anilines is 1. The quantitative estimate of drug-likeness (QED) is 0.706. The zero-order valence-corrected chi connectivity index (χ0v) is 7.60. The average molecular weight is 179 g/mol. The van der Waals surface area contributed by atoms with Gasteiger partial charge in [-0.15, -0.1) is 0 Å². The van der Waals surface area contributed by atoms with Crippen molar-refractivity contribution < 1.29 is 4.74 Å². The van der Waals surface area contributed by atoms with Gasteiger partial charge in [-0.1, -0.05) is 0 Å². The van der Waals surface area contributed by atoms with Crippen LogP contribution in [0.1, 0.15) is 0 Å². The Morgan fingerprint density at radius 3 is 3.00 bits per heavy atom. The van der Waals surface area contributed by atoms with Gasteiger partial charge in [-0.3, -0.25) is 0 Å². The second-order valence-electron chi connectivity index (χ2n) is 3.19. The summed E-state index contributed by atoms with van der Waals surface area (Å²) in [6.45, 7) is 1.74. The summed E-state index contributed by atoms with van der Waals surface area (Å²) in [6, 6.07) is 4.06. The van der Waals surface area contributed by atoms with Crippen LogP contribution in [0.25, 0.3) is 0 Å². The third-order valence-electron chi connectivity index (χ3n) is 2.18. The largest absolute Gasteiger partial charge is 0.493 e. The van der Waals surface area contributed by atoms with E-state index in [0.29, 0.717) is 0 Å². The highest BCUT2D eigenvalue weighted by molar-refractivity contribution is 5.54. The number of aromatic nitrogens is 1. The summed E-state index contributed by atoms with van der Waals surface area (Å²) in [5.74, 6) is 1.71. The van der Waals surface area contributed by atoms with Gasteiger partial charge in [-0.05, 0) is 12.1 Å². The van der Waals surface area contributed by atoms with Crippen molar-refractivity contribution >= 4 is 5.82 Å². The zero-order chi connectivity index (χ0) is 9.26. The fourth-order valence-electron chi connectivity index (χ4n) is 1.46. The van der Waals surface area contributed by atoms with Gasteiger partial charge < -0.3 is 15.4 Å². The first-order valence-corrected chi connectivity index (χ1v) is 4.31. The van der Waals surface area contributed by atoms with Crippen molar-refractivity contribution in [1.29, 1.82) is 0 Å². The van der Waals surface area contributed by atoms with Crippen LogP contribution in [0.15, 0.2) is 18.3 Å². The molecule has 1 aliphatic heterocycles. The molecule has 0 radical (unpaired) electrons. The number of ether oxygens (including phenoxy) is 1. The minimum atomic E-state index is 0.284. The minimum absolute atomic E-state index is 0.284. The van der Waals surface area contributed by atoms with Crippen LogP contribution in [0.2, 0.25) is 0 Å². The van der Waals surface area contributed by atoms with Crippen LogP contribution < -0.4 is 15.4 Å². The SMILES string of the molecule is COc1cccnc1N1CC(N)C1. The summed E-state index contributed by atoms with van der Waals surface area (Å²) in [5.41, 5.74) is 5.69. The highest BCUT2D eigenvalue weighted by Gasteiger charge is 2.26. The molecule has 1 saturated heterocycles. The summed E-state index contributed by atoms with van der Waals surface area (Å²) >= 11 is 0. The Hall–Kier alpha value is -1.29. The van der Waals surface area contributed by atoms with Crippen molar-refractivity contribution in [2.45, 2.75) is 6.04 Å². The Morgan fingerprint density at radius 1 is 1.62 bits per heavy atom. The van der Waals surface area contributed by atoms with Gasteiger partial charge in [0, 0.05) is 25.3 Å². The van der Waals surface area contributed by atoms with E-state index in [1.54, 1.807) is 13.3 Å². The molecule has 13 heavy (non-hydrogen) atoms. The third-order valence-corrected chi connectivity index (χ3v) is 2.18. The molecule has 0 aromatic carbocycles. The lowest BCUT2D eigenvalue weighted by Crippen LogP contribution is -2.56. The summed E-state index contributed by atoms with van der Waals surface area (Å²) in [4.78, 5) is 6.37. The molecule has 0 bridgehead atoms. The first-order valence-electron chi connectivity index (χ1n) is 4.31. The van der Waals surface area contributed by atoms with Crippen molar-refractivity contribution in [3.8, 4) is 5.75 Å². The molecule has 2 rings (SSSR count). The van der Waals surface area contributed by atoms with Crippen LogP contribution in [-0.4, -0.2) is 31.2 Å². The van der Waals surface area contributed by atoms with Crippen molar-refractivity contribution in [2.75, 3.05) is 25.1 Å². The van der Waals surface area contributed by atoms with Gasteiger partial charge in [0.05, 0.1) is 7.11 Å². The van der Waals surface area contributed by atoms with E-state index in [0.717, 1.165) is 24.7 Å². The van der Waals surface area contributed by atoms with E-state index in [-0.39, 0.29) is 6.04 Å². The van der Waals surface area contributed by atoms with Gasteiger partial charge in [0.2, 0.25) is 0 Å². The summed E-state index contributed by atoms with van der Waals surface area (Å²) < 4.78 is 5.19. The summed E-state index contributed by atoms with van der Waals surface area (Å²) in [5, 5.41) is 0. The molecule has 70 valence electrons. The maximum atomic E-state index is 5.69. The molecular formula is C9H13N3O. The lowest BCUT2D eigenvalue weighted by atomic mass is 10.1. The molecule has 1 aliphatic rings. The second-order valence-corrected chi connectivity index (χ2v) is 3.19. The molecule has 0 unspecified atom stereocenters. The summed E-state index contributed by atoms with van der Waals surface area (Å²) in [6.07, 6.45) is 1.77. The second kappa shape index (κ2) is 3.22. The number of nitrogens with two attached hydrogens (primary N) is 1. The van der Waals surface area contributed by atoms with Crippen LogP contribution in [0.3, 0.4) is 0 Å². The highest BCUT2D eigenvalue weighted by Crippen LogP contribution is 2.27. The Morgan fingerprint density at radius 2 is 2.38 bits per heavy atom. The molecule has 4 heteroatoms. The third kappa shape index (κ3) is 1.45. The van der Waals surface area contributed by atoms with Crippen LogP contribution in [0.5, 0.6) is 5.75 Å². The molecule has 0 amide bonds. The van der Waals surface area contributed by atoms with E-state index >= 15 is 0 Å². The maximum Gasteiger partial charge on any atom is 0.171 e. The Kier molecular flexibility index (Phi) is 2.06. The minimum Gasteiger partial charge on any atom is -0.493 e.